The van der Waals surface area contributed by atoms with Crippen molar-refractivity contribution >= 4 is 22.6 Å². The Kier molecular flexibility index (Phi) is 2.53. The van der Waals surface area contributed by atoms with E-state index in [2.05, 4.69) is 10.1 Å². The van der Waals surface area contributed by atoms with Crippen LogP contribution in [0.4, 0.5) is 0 Å². The molecule has 0 atom stereocenters. The third-order valence-electron chi connectivity index (χ3n) is 2.92. The van der Waals surface area contributed by atoms with Crippen molar-refractivity contribution < 1.29 is 4.74 Å². The molecule has 4 nitrogen and oxygen atoms in total. The topological polar surface area (TPSA) is 39.9 Å². The highest BCUT2D eigenvalue weighted by atomic mass is 35.5. The van der Waals surface area contributed by atoms with Crippen LogP contribution in [-0.4, -0.2) is 28.0 Å². The summed E-state index contributed by atoms with van der Waals surface area (Å²) in [6, 6.07) is 4.18. The zero-order valence-electron chi connectivity index (χ0n) is 8.77. The average molecular weight is 238 g/mol. The zero-order chi connectivity index (χ0) is 11.0. The summed E-state index contributed by atoms with van der Waals surface area (Å²) in [6.45, 7) is 1.63. The molecule has 84 valence electrons. The standard InChI is InChI=1S/C11H12ClN3O/c12-10-2-1-8-7-15(14-11(8)13-10)9-3-5-16-6-4-9/h1-2,7,9H,3-6H2. The van der Waals surface area contributed by atoms with E-state index in [1.165, 1.54) is 0 Å². The van der Waals surface area contributed by atoms with Crippen molar-refractivity contribution in [1.29, 1.82) is 0 Å². The Morgan fingerprint density at radius 1 is 1.31 bits per heavy atom. The molecule has 0 aromatic carbocycles. The second-order valence-electron chi connectivity index (χ2n) is 4.00. The summed E-state index contributed by atoms with van der Waals surface area (Å²) in [6.07, 6.45) is 4.07. The van der Waals surface area contributed by atoms with E-state index >= 15 is 0 Å². The van der Waals surface area contributed by atoms with E-state index in [1.54, 1.807) is 6.07 Å². The van der Waals surface area contributed by atoms with Crippen molar-refractivity contribution in [2.45, 2.75) is 18.9 Å². The van der Waals surface area contributed by atoms with Crippen LogP contribution in [-0.2, 0) is 4.74 Å². The van der Waals surface area contributed by atoms with Gasteiger partial charge in [-0.25, -0.2) is 4.98 Å². The highest BCUT2D eigenvalue weighted by Crippen LogP contribution is 2.22. The first kappa shape index (κ1) is 10.1. The lowest BCUT2D eigenvalue weighted by atomic mass is 10.1. The minimum atomic E-state index is 0.432. The summed E-state index contributed by atoms with van der Waals surface area (Å²) >= 11 is 5.83. The highest BCUT2D eigenvalue weighted by molar-refractivity contribution is 6.29. The molecule has 0 radical (unpaired) electrons. The normalized spacial score (nSPS) is 18.1. The molecule has 0 unspecified atom stereocenters. The van der Waals surface area contributed by atoms with Crippen molar-refractivity contribution in [3.63, 3.8) is 0 Å². The van der Waals surface area contributed by atoms with E-state index in [4.69, 9.17) is 16.3 Å². The molecule has 1 aliphatic heterocycles. The molecule has 0 bridgehead atoms. The second kappa shape index (κ2) is 4.03. The van der Waals surface area contributed by atoms with Crippen LogP contribution in [0.2, 0.25) is 5.15 Å². The third-order valence-corrected chi connectivity index (χ3v) is 3.13. The fourth-order valence-corrected chi connectivity index (χ4v) is 2.18. The predicted octanol–water partition coefficient (Wildman–Crippen LogP) is 2.44. The number of aromatic nitrogens is 3. The Balaban J connectivity index is 1.97. The van der Waals surface area contributed by atoms with Crippen molar-refractivity contribution in [3.05, 3.63) is 23.5 Å². The zero-order valence-corrected chi connectivity index (χ0v) is 9.52. The quantitative estimate of drug-likeness (QED) is 0.716. The smallest absolute Gasteiger partial charge is 0.182 e. The highest BCUT2D eigenvalue weighted by Gasteiger charge is 2.17. The number of pyridine rings is 1. The Hall–Kier alpha value is -1.13. The van der Waals surface area contributed by atoms with Crippen molar-refractivity contribution in [3.8, 4) is 0 Å². The van der Waals surface area contributed by atoms with Gasteiger partial charge in [0.25, 0.3) is 0 Å². The maximum absolute atomic E-state index is 5.83. The van der Waals surface area contributed by atoms with Gasteiger partial charge in [0, 0.05) is 24.8 Å². The van der Waals surface area contributed by atoms with Gasteiger partial charge in [0.1, 0.15) is 5.15 Å². The van der Waals surface area contributed by atoms with Gasteiger partial charge in [-0.3, -0.25) is 4.68 Å². The number of ether oxygens (including phenoxy) is 1. The lowest BCUT2D eigenvalue weighted by Gasteiger charge is -2.21. The van der Waals surface area contributed by atoms with Gasteiger partial charge < -0.3 is 4.74 Å². The Morgan fingerprint density at radius 2 is 2.12 bits per heavy atom. The second-order valence-corrected chi connectivity index (χ2v) is 4.39. The van der Waals surface area contributed by atoms with Gasteiger partial charge in [-0.1, -0.05) is 11.6 Å². The number of hydrogen-bond acceptors (Lipinski definition) is 3. The van der Waals surface area contributed by atoms with Crippen LogP contribution >= 0.6 is 11.6 Å². The van der Waals surface area contributed by atoms with E-state index in [9.17, 15) is 0 Å². The van der Waals surface area contributed by atoms with Gasteiger partial charge in [-0.15, -0.1) is 0 Å². The lowest BCUT2D eigenvalue weighted by molar-refractivity contribution is 0.0664. The maximum Gasteiger partial charge on any atom is 0.182 e. The molecule has 3 rings (SSSR count). The summed E-state index contributed by atoms with van der Waals surface area (Å²) < 4.78 is 7.33. The van der Waals surface area contributed by atoms with Gasteiger partial charge in [0.05, 0.1) is 6.04 Å². The molecule has 1 fully saturated rings. The van der Waals surface area contributed by atoms with Gasteiger partial charge in [0.2, 0.25) is 0 Å². The van der Waals surface area contributed by atoms with Crippen LogP contribution in [0.25, 0.3) is 11.0 Å². The van der Waals surface area contributed by atoms with Crippen LogP contribution in [0.5, 0.6) is 0 Å². The molecule has 2 aromatic rings. The first-order valence-corrected chi connectivity index (χ1v) is 5.80. The number of hydrogen-bond donors (Lipinski definition) is 0. The van der Waals surface area contributed by atoms with E-state index < -0.39 is 0 Å². The minimum Gasteiger partial charge on any atom is -0.381 e. The number of halogens is 1. The van der Waals surface area contributed by atoms with E-state index in [0.717, 1.165) is 37.1 Å². The maximum atomic E-state index is 5.83. The van der Waals surface area contributed by atoms with Gasteiger partial charge in [-0.2, -0.15) is 5.10 Å². The van der Waals surface area contributed by atoms with Gasteiger partial charge >= 0.3 is 0 Å². The number of nitrogens with zero attached hydrogens (tertiary/aromatic N) is 3. The summed E-state index contributed by atoms with van der Waals surface area (Å²) in [5, 5.41) is 5.99. The van der Waals surface area contributed by atoms with Crippen LogP contribution in [0.15, 0.2) is 18.3 Å². The average Bonchev–Trinajstić information content (AvgIpc) is 2.73. The molecule has 2 aromatic heterocycles. The van der Waals surface area contributed by atoms with Crippen LogP contribution in [0.3, 0.4) is 0 Å². The largest absolute Gasteiger partial charge is 0.381 e. The van der Waals surface area contributed by atoms with E-state index in [1.807, 2.05) is 16.9 Å². The first-order chi connectivity index (χ1) is 7.83. The van der Waals surface area contributed by atoms with E-state index in [-0.39, 0.29) is 0 Å². The van der Waals surface area contributed by atoms with Gasteiger partial charge in [0.15, 0.2) is 5.65 Å². The SMILES string of the molecule is Clc1ccc2cn(C3CCOCC3)nc2n1. The van der Waals surface area contributed by atoms with Crippen molar-refractivity contribution in [1.82, 2.24) is 14.8 Å². The van der Waals surface area contributed by atoms with Crippen LogP contribution in [0.1, 0.15) is 18.9 Å². The minimum absolute atomic E-state index is 0.432. The van der Waals surface area contributed by atoms with E-state index in [0.29, 0.717) is 11.2 Å². The van der Waals surface area contributed by atoms with Crippen molar-refractivity contribution in [2.24, 2.45) is 0 Å². The Bertz CT molecular complexity index is 505. The molecule has 16 heavy (non-hydrogen) atoms. The predicted molar refractivity (Wildman–Crippen MR) is 61.6 cm³/mol. The molecule has 0 saturated carbocycles. The van der Waals surface area contributed by atoms with Crippen molar-refractivity contribution in [2.75, 3.05) is 13.2 Å². The molecular weight excluding hydrogens is 226 g/mol. The third kappa shape index (κ3) is 1.79. The number of rotatable bonds is 1. The molecule has 0 amide bonds. The molecule has 5 heteroatoms. The molecular formula is C11H12ClN3O. The number of fused-ring (bicyclic) bond motifs is 1. The molecule has 1 saturated heterocycles. The lowest BCUT2D eigenvalue weighted by Crippen LogP contribution is -2.19. The molecule has 3 heterocycles. The monoisotopic (exact) mass is 237 g/mol. The van der Waals surface area contributed by atoms with Crippen LogP contribution in [0, 0.1) is 0 Å². The summed E-state index contributed by atoms with van der Waals surface area (Å²) in [5.74, 6) is 0. The first-order valence-electron chi connectivity index (χ1n) is 5.42. The molecule has 0 N–H and O–H groups in total. The molecule has 0 aliphatic carbocycles. The molecule has 1 aliphatic rings. The van der Waals surface area contributed by atoms with Gasteiger partial charge in [-0.05, 0) is 25.0 Å². The summed E-state index contributed by atoms with van der Waals surface area (Å²) in [5.41, 5.74) is 0.721. The fraction of sp³-hybridized carbons (Fsp3) is 0.455. The fourth-order valence-electron chi connectivity index (χ4n) is 2.03. The van der Waals surface area contributed by atoms with Crippen LogP contribution < -0.4 is 0 Å². The Labute approximate surface area is 98.2 Å². The summed E-state index contributed by atoms with van der Waals surface area (Å²) in [4.78, 5) is 4.19. The summed E-state index contributed by atoms with van der Waals surface area (Å²) in [7, 11) is 0. The Morgan fingerprint density at radius 3 is 2.94 bits per heavy atom. The molecule has 0 spiro atoms.